The largest absolute Gasteiger partial charge is 0.361 e. The predicted molar refractivity (Wildman–Crippen MR) is 107 cm³/mol. The van der Waals surface area contributed by atoms with Crippen LogP contribution >= 0.6 is 0 Å². The fraction of sp³-hybridized carbons (Fsp3) is 0.500. The fourth-order valence-electron chi connectivity index (χ4n) is 3.82. The number of aromatic nitrogens is 1. The van der Waals surface area contributed by atoms with Crippen LogP contribution in [0.15, 0.2) is 34.9 Å². The van der Waals surface area contributed by atoms with Crippen molar-refractivity contribution < 1.29 is 14.1 Å². The molecule has 2 heterocycles. The lowest BCUT2D eigenvalue weighted by atomic mass is 9.92. The highest BCUT2D eigenvalue weighted by Gasteiger charge is 2.29. The number of piperidine rings is 1. The molecule has 2 amide bonds. The summed E-state index contributed by atoms with van der Waals surface area (Å²) in [6, 6.07) is 9.97. The van der Waals surface area contributed by atoms with Crippen LogP contribution in [0.4, 0.5) is 0 Å². The molecule has 0 bridgehead atoms. The highest BCUT2D eigenvalue weighted by Crippen LogP contribution is 2.24. The van der Waals surface area contributed by atoms with Crippen LogP contribution < -0.4 is 5.32 Å². The van der Waals surface area contributed by atoms with Crippen molar-refractivity contribution in [2.45, 2.75) is 52.5 Å². The van der Waals surface area contributed by atoms with Gasteiger partial charge in [-0.05, 0) is 44.6 Å². The molecule has 28 heavy (non-hydrogen) atoms. The maximum atomic E-state index is 12.8. The van der Waals surface area contributed by atoms with Gasteiger partial charge in [-0.3, -0.25) is 9.59 Å². The standard InChI is InChI=1S/C22H29N3O3/c1-4-19-21(16(3)28-24-19)22(27)25-12-10-17(11-13-25)14-20(26)23-15(2)18-8-6-5-7-9-18/h5-9,15,17H,4,10-14H2,1-3H3,(H,23,26). The van der Waals surface area contributed by atoms with Crippen LogP contribution in [-0.2, 0) is 11.2 Å². The molecule has 1 N–H and O–H groups in total. The molecule has 1 aromatic carbocycles. The Balaban J connectivity index is 1.49. The number of likely N-dealkylation sites (tertiary alicyclic amines) is 1. The van der Waals surface area contributed by atoms with E-state index in [1.807, 2.05) is 49.1 Å². The molecule has 6 heteroatoms. The van der Waals surface area contributed by atoms with Crippen molar-refractivity contribution in [1.29, 1.82) is 0 Å². The van der Waals surface area contributed by atoms with Crippen LogP contribution in [0.2, 0.25) is 0 Å². The average Bonchev–Trinajstić information content (AvgIpc) is 3.09. The lowest BCUT2D eigenvalue weighted by molar-refractivity contribution is -0.122. The maximum absolute atomic E-state index is 12.8. The molecule has 2 aromatic rings. The second kappa shape index (κ2) is 9.04. The summed E-state index contributed by atoms with van der Waals surface area (Å²) in [7, 11) is 0. The summed E-state index contributed by atoms with van der Waals surface area (Å²) in [6.07, 6.45) is 2.86. The predicted octanol–water partition coefficient (Wildman–Crippen LogP) is 3.67. The number of carbonyl (C=O) groups excluding carboxylic acids is 2. The molecular weight excluding hydrogens is 354 g/mol. The van der Waals surface area contributed by atoms with Crippen LogP contribution in [0.3, 0.4) is 0 Å². The fourth-order valence-corrected chi connectivity index (χ4v) is 3.82. The minimum Gasteiger partial charge on any atom is -0.361 e. The Morgan fingerprint density at radius 3 is 2.57 bits per heavy atom. The first-order chi connectivity index (χ1) is 13.5. The van der Waals surface area contributed by atoms with Gasteiger partial charge in [-0.2, -0.15) is 0 Å². The van der Waals surface area contributed by atoms with E-state index in [2.05, 4.69) is 10.5 Å². The minimum atomic E-state index is -0.00352. The quantitative estimate of drug-likeness (QED) is 0.826. The lowest BCUT2D eigenvalue weighted by Crippen LogP contribution is -2.40. The number of benzene rings is 1. The summed E-state index contributed by atoms with van der Waals surface area (Å²) in [4.78, 5) is 27.1. The maximum Gasteiger partial charge on any atom is 0.259 e. The van der Waals surface area contributed by atoms with E-state index in [1.54, 1.807) is 6.92 Å². The smallest absolute Gasteiger partial charge is 0.259 e. The number of nitrogens with zero attached hydrogens (tertiary/aromatic N) is 2. The van der Waals surface area contributed by atoms with E-state index in [-0.39, 0.29) is 17.9 Å². The third-order valence-corrected chi connectivity index (χ3v) is 5.54. The van der Waals surface area contributed by atoms with Crippen molar-refractivity contribution in [1.82, 2.24) is 15.4 Å². The molecule has 1 aromatic heterocycles. The Morgan fingerprint density at radius 1 is 1.25 bits per heavy atom. The number of rotatable bonds is 6. The first kappa shape index (κ1) is 20.1. The topological polar surface area (TPSA) is 75.4 Å². The van der Waals surface area contributed by atoms with Gasteiger partial charge >= 0.3 is 0 Å². The van der Waals surface area contributed by atoms with E-state index < -0.39 is 0 Å². The Bertz CT molecular complexity index is 808. The summed E-state index contributed by atoms with van der Waals surface area (Å²) in [5.41, 5.74) is 2.43. The van der Waals surface area contributed by atoms with E-state index in [0.29, 0.717) is 43.2 Å². The zero-order valence-electron chi connectivity index (χ0n) is 16.9. The number of amides is 2. The zero-order chi connectivity index (χ0) is 20.1. The Hall–Kier alpha value is -2.63. The lowest BCUT2D eigenvalue weighted by Gasteiger charge is -2.32. The van der Waals surface area contributed by atoms with Gasteiger partial charge in [0.2, 0.25) is 5.91 Å². The molecule has 3 rings (SSSR count). The molecule has 1 aliphatic rings. The van der Waals surface area contributed by atoms with Crippen molar-refractivity contribution in [3.63, 3.8) is 0 Å². The highest BCUT2D eigenvalue weighted by molar-refractivity contribution is 5.96. The van der Waals surface area contributed by atoms with E-state index in [1.165, 1.54) is 0 Å². The van der Waals surface area contributed by atoms with Crippen LogP contribution in [0, 0.1) is 12.8 Å². The molecule has 1 unspecified atom stereocenters. The van der Waals surface area contributed by atoms with Crippen LogP contribution in [0.25, 0.3) is 0 Å². The first-order valence-corrected chi connectivity index (χ1v) is 10.1. The molecule has 0 spiro atoms. The second-order valence-electron chi connectivity index (χ2n) is 7.55. The first-order valence-electron chi connectivity index (χ1n) is 10.1. The molecule has 150 valence electrons. The number of hydrogen-bond acceptors (Lipinski definition) is 4. The molecule has 0 aliphatic carbocycles. The van der Waals surface area contributed by atoms with Crippen LogP contribution in [0.5, 0.6) is 0 Å². The highest BCUT2D eigenvalue weighted by atomic mass is 16.5. The van der Waals surface area contributed by atoms with Gasteiger partial charge in [0.1, 0.15) is 11.3 Å². The Labute approximate surface area is 166 Å². The molecule has 1 fully saturated rings. The van der Waals surface area contributed by atoms with Gasteiger partial charge in [-0.1, -0.05) is 42.4 Å². The zero-order valence-corrected chi connectivity index (χ0v) is 16.9. The van der Waals surface area contributed by atoms with E-state index in [4.69, 9.17) is 4.52 Å². The normalized spacial score (nSPS) is 16.0. The van der Waals surface area contributed by atoms with Gasteiger partial charge in [0.25, 0.3) is 5.91 Å². The summed E-state index contributed by atoms with van der Waals surface area (Å²) < 4.78 is 5.20. The van der Waals surface area contributed by atoms with Crippen molar-refractivity contribution in [3.05, 3.63) is 52.9 Å². The molecule has 1 atom stereocenters. The van der Waals surface area contributed by atoms with Crippen LogP contribution in [-0.4, -0.2) is 35.0 Å². The summed E-state index contributed by atoms with van der Waals surface area (Å²) in [5.74, 6) is 0.958. The van der Waals surface area contributed by atoms with Gasteiger partial charge in [0.05, 0.1) is 11.7 Å². The molecule has 0 radical (unpaired) electrons. The Morgan fingerprint density at radius 2 is 1.93 bits per heavy atom. The van der Waals surface area contributed by atoms with E-state index in [9.17, 15) is 9.59 Å². The Kier molecular flexibility index (Phi) is 6.49. The van der Waals surface area contributed by atoms with Crippen LogP contribution in [0.1, 0.15) is 66.5 Å². The van der Waals surface area contributed by atoms with E-state index >= 15 is 0 Å². The van der Waals surface area contributed by atoms with Crippen molar-refractivity contribution in [3.8, 4) is 0 Å². The summed E-state index contributed by atoms with van der Waals surface area (Å²) >= 11 is 0. The number of hydrogen-bond donors (Lipinski definition) is 1. The average molecular weight is 383 g/mol. The third-order valence-electron chi connectivity index (χ3n) is 5.54. The van der Waals surface area contributed by atoms with Gasteiger partial charge in [-0.25, -0.2) is 0 Å². The van der Waals surface area contributed by atoms with Gasteiger partial charge < -0.3 is 14.7 Å². The van der Waals surface area contributed by atoms with E-state index in [0.717, 1.165) is 24.1 Å². The van der Waals surface area contributed by atoms with Gasteiger partial charge in [0, 0.05) is 19.5 Å². The monoisotopic (exact) mass is 383 g/mol. The molecule has 1 saturated heterocycles. The number of nitrogens with one attached hydrogen (secondary N) is 1. The summed E-state index contributed by atoms with van der Waals surface area (Å²) in [5, 5.41) is 7.06. The molecule has 0 saturated carbocycles. The molecule has 1 aliphatic heterocycles. The SMILES string of the molecule is CCc1noc(C)c1C(=O)N1CCC(CC(=O)NC(C)c2ccccc2)CC1. The molecular formula is C22H29N3O3. The summed E-state index contributed by atoms with van der Waals surface area (Å²) in [6.45, 7) is 7.08. The third kappa shape index (κ3) is 4.61. The van der Waals surface area contributed by atoms with Gasteiger partial charge in [0.15, 0.2) is 0 Å². The van der Waals surface area contributed by atoms with Crippen molar-refractivity contribution in [2.75, 3.05) is 13.1 Å². The van der Waals surface area contributed by atoms with Crippen molar-refractivity contribution >= 4 is 11.8 Å². The second-order valence-corrected chi connectivity index (χ2v) is 7.55. The number of carbonyl (C=O) groups is 2. The minimum absolute atomic E-state index is 0.000558. The van der Waals surface area contributed by atoms with Gasteiger partial charge in [-0.15, -0.1) is 0 Å². The molecule has 6 nitrogen and oxygen atoms in total. The van der Waals surface area contributed by atoms with Crippen molar-refractivity contribution in [2.24, 2.45) is 5.92 Å². The number of aryl methyl sites for hydroxylation is 2.